The number of ether oxygens (including phenoxy) is 1. The third-order valence-corrected chi connectivity index (χ3v) is 9.07. The quantitative estimate of drug-likeness (QED) is 0.342. The molecule has 1 unspecified atom stereocenters. The molecule has 0 bridgehead atoms. The molecule has 6 rings (SSSR count). The number of piperazine rings is 1. The molecule has 0 spiro atoms. The fourth-order valence-electron chi connectivity index (χ4n) is 6.38. The van der Waals surface area contributed by atoms with Crippen LogP contribution in [0.15, 0.2) is 60.8 Å². The van der Waals surface area contributed by atoms with E-state index in [1.807, 2.05) is 42.5 Å². The molecule has 2 heterocycles. The molecule has 40 heavy (non-hydrogen) atoms. The molecule has 6 nitrogen and oxygen atoms in total. The molecule has 0 N–H and O–H groups in total. The Hall–Kier alpha value is -3.25. The van der Waals surface area contributed by atoms with Crippen LogP contribution in [0.1, 0.15) is 67.3 Å². The third-order valence-electron chi connectivity index (χ3n) is 9.07. The van der Waals surface area contributed by atoms with E-state index in [9.17, 15) is 4.79 Å². The van der Waals surface area contributed by atoms with Gasteiger partial charge in [-0.25, -0.2) is 9.97 Å². The van der Waals surface area contributed by atoms with E-state index in [2.05, 4.69) is 28.1 Å². The van der Waals surface area contributed by atoms with Crippen LogP contribution in [0.2, 0.25) is 0 Å². The van der Waals surface area contributed by atoms with Gasteiger partial charge in [0.05, 0.1) is 0 Å². The SMILES string of the molecule is O=C(Cc1ccc(OCc2ccccc2)cc1)CC1CCCc2cnc(N3CCN(C4CCC4)CC3)nc2CC1. The van der Waals surface area contributed by atoms with Crippen LogP contribution < -0.4 is 9.64 Å². The number of rotatable bonds is 9. The lowest BCUT2D eigenvalue weighted by atomic mass is 9.86. The van der Waals surface area contributed by atoms with Crippen molar-refractivity contribution in [3.8, 4) is 5.75 Å². The van der Waals surface area contributed by atoms with Gasteiger partial charge in [-0.15, -0.1) is 0 Å². The Labute approximate surface area is 238 Å². The highest BCUT2D eigenvalue weighted by molar-refractivity contribution is 5.81. The molecular formula is C34H42N4O2. The molecule has 1 atom stereocenters. The number of fused-ring (bicyclic) bond motifs is 1. The monoisotopic (exact) mass is 538 g/mol. The summed E-state index contributed by atoms with van der Waals surface area (Å²) in [5.74, 6) is 2.49. The summed E-state index contributed by atoms with van der Waals surface area (Å²) in [4.78, 5) is 27.9. The Morgan fingerprint density at radius 3 is 2.40 bits per heavy atom. The number of ketones is 1. The van der Waals surface area contributed by atoms with Gasteiger partial charge in [0, 0.05) is 57.0 Å². The van der Waals surface area contributed by atoms with Crippen LogP contribution in [-0.2, 0) is 30.7 Å². The first kappa shape index (κ1) is 26.9. The van der Waals surface area contributed by atoms with Crippen LogP contribution in [-0.4, -0.2) is 52.9 Å². The summed E-state index contributed by atoms with van der Waals surface area (Å²) in [5.41, 5.74) is 4.71. The summed E-state index contributed by atoms with van der Waals surface area (Å²) in [7, 11) is 0. The van der Waals surface area contributed by atoms with Gasteiger partial charge in [-0.05, 0) is 79.7 Å². The maximum absolute atomic E-state index is 13.0. The smallest absolute Gasteiger partial charge is 0.225 e. The van der Waals surface area contributed by atoms with E-state index >= 15 is 0 Å². The summed E-state index contributed by atoms with van der Waals surface area (Å²) in [5, 5.41) is 0. The van der Waals surface area contributed by atoms with Crippen LogP contribution in [0, 0.1) is 5.92 Å². The highest BCUT2D eigenvalue weighted by Gasteiger charge is 2.29. The molecule has 210 valence electrons. The van der Waals surface area contributed by atoms with E-state index < -0.39 is 0 Å². The fourth-order valence-corrected chi connectivity index (χ4v) is 6.38. The molecular weight excluding hydrogens is 496 g/mol. The first-order chi connectivity index (χ1) is 19.7. The molecule has 2 aliphatic carbocycles. The topological polar surface area (TPSA) is 58.6 Å². The highest BCUT2D eigenvalue weighted by atomic mass is 16.5. The summed E-state index contributed by atoms with van der Waals surface area (Å²) >= 11 is 0. The number of nitrogens with zero attached hydrogens (tertiary/aromatic N) is 4. The average molecular weight is 539 g/mol. The highest BCUT2D eigenvalue weighted by Crippen LogP contribution is 2.28. The number of aromatic nitrogens is 2. The summed E-state index contributed by atoms with van der Waals surface area (Å²) < 4.78 is 5.90. The van der Waals surface area contributed by atoms with E-state index in [4.69, 9.17) is 14.7 Å². The summed E-state index contributed by atoms with van der Waals surface area (Å²) in [6, 6.07) is 19.0. The average Bonchev–Trinajstić information content (AvgIpc) is 2.95. The van der Waals surface area contributed by atoms with E-state index in [1.165, 1.54) is 30.5 Å². The largest absolute Gasteiger partial charge is 0.489 e. The van der Waals surface area contributed by atoms with Crippen molar-refractivity contribution in [2.24, 2.45) is 5.92 Å². The number of hydrogen-bond acceptors (Lipinski definition) is 6. The van der Waals surface area contributed by atoms with E-state index in [0.717, 1.165) is 87.1 Å². The lowest BCUT2D eigenvalue weighted by Crippen LogP contribution is -2.52. The number of carbonyl (C=O) groups excluding carboxylic acids is 1. The van der Waals surface area contributed by atoms with Gasteiger partial charge in [-0.1, -0.05) is 48.9 Å². The lowest BCUT2D eigenvalue weighted by molar-refractivity contribution is -0.119. The van der Waals surface area contributed by atoms with Gasteiger partial charge in [0.1, 0.15) is 18.1 Å². The molecule has 0 amide bonds. The number of aryl methyl sites for hydroxylation is 2. The second-order valence-corrected chi connectivity index (χ2v) is 11.9. The van der Waals surface area contributed by atoms with E-state index in [0.29, 0.717) is 31.1 Å². The van der Waals surface area contributed by atoms with Crippen LogP contribution in [0.5, 0.6) is 5.75 Å². The molecule has 1 aliphatic heterocycles. The Morgan fingerprint density at radius 1 is 0.850 bits per heavy atom. The van der Waals surface area contributed by atoms with Crippen molar-refractivity contribution in [2.45, 2.75) is 76.9 Å². The van der Waals surface area contributed by atoms with Gasteiger partial charge < -0.3 is 9.64 Å². The zero-order valence-electron chi connectivity index (χ0n) is 23.6. The van der Waals surface area contributed by atoms with Gasteiger partial charge in [-0.3, -0.25) is 9.69 Å². The maximum Gasteiger partial charge on any atom is 0.225 e. The van der Waals surface area contributed by atoms with Crippen molar-refractivity contribution in [1.29, 1.82) is 0 Å². The third kappa shape index (κ3) is 6.90. The lowest BCUT2D eigenvalue weighted by Gasteiger charge is -2.43. The van der Waals surface area contributed by atoms with Gasteiger partial charge in [-0.2, -0.15) is 0 Å². The first-order valence-electron chi connectivity index (χ1n) is 15.3. The number of hydrogen-bond donors (Lipinski definition) is 0. The van der Waals surface area contributed by atoms with Crippen LogP contribution >= 0.6 is 0 Å². The minimum atomic E-state index is 0.330. The minimum Gasteiger partial charge on any atom is -0.489 e. The van der Waals surface area contributed by atoms with Crippen molar-refractivity contribution in [3.63, 3.8) is 0 Å². The Morgan fingerprint density at radius 2 is 1.65 bits per heavy atom. The van der Waals surface area contributed by atoms with Crippen LogP contribution in [0.3, 0.4) is 0 Å². The predicted octanol–water partition coefficient (Wildman–Crippen LogP) is 5.82. The number of carbonyl (C=O) groups is 1. The van der Waals surface area contributed by atoms with E-state index in [1.54, 1.807) is 0 Å². The fraction of sp³-hybridized carbons (Fsp3) is 0.500. The predicted molar refractivity (Wildman–Crippen MR) is 159 cm³/mol. The number of Topliss-reactive ketones (excluding diaryl/α,β-unsaturated/α-hetero) is 1. The van der Waals surface area contributed by atoms with Crippen LogP contribution in [0.4, 0.5) is 5.95 Å². The first-order valence-corrected chi connectivity index (χ1v) is 15.3. The van der Waals surface area contributed by atoms with Crippen molar-refractivity contribution in [2.75, 3.05) is 31.1 Å². The normalized spacial score (nSPS) is 20.2. The Kier molecular flexibility index (Phi) is 8.72. The van der Waals surface area contributed by atoms with Crippen molar-refractivity contribution in [3.05, 3.63) is 83.2 Å². The Bertz CT molecular complexity index is 1250. The molecule has 1 saturated carbocycles. The molecule has 6 heteroatoms. The van der Waals surface area contributed by atoms with Gasteiger partial charge in [0.15, 0.2) is 0 Å². The van der Waals surface area contributed by atoms with Crippen LogP contribution in [0.25, 0.3) is 0 Å². The Balaban J connectivity index is 0.981. The molecule has 1 saturated heterocycles. The van der Waals surface area contributed by atoms with Crippen molar-refractivity contribution < 1.29 is 9.53 Å². The molecule has 3 aromatic rings. The van der Waals surface area contributed by atoms with Crippen molar-refractivity contribution >= 4 is 11.7 Å². The zero-order chi connectivity index (χ0) is 27.1. The van der Waals surface area contributed by atoms with Gasteiger partial charge in [0.25, 0.3) is 0 Å². The second kappa shape index (κ2) is 12.9. The molecule has 1 aromatic heterocycles. The van der Waals surface area contributed by atoms with Crippen molar-refractivity contribution in [1.82, 2.24) is 14.9 Å². The van der Waals surface area contributed by atoms with E-state index in [-0.39, 0.29) is 0 Å². The summed E-state index contributed by atoms with van der Waals surface area (Å²) in [6.07, 6.45) is 12.5. The number of benzene rings is 2. The second-order valence-electron chi connectivity index (χ2n) is 11.9. The molecule has 0 radical (unpaired) electrons. The molecule has 2 aromatic carbocycles. The van der Waals surface area contributed by atoms with Gasteiger partial charge >= 0.3 is 0 Å². The zero-order valence-corrected chi connectivity index (χ0v) is 23.6. The van der Waals surface area contributed by atoms with Gasteiger partial charge in [0.2, 0.25) is 5.95 Å². The molecule has 3 aliphatic rings. The standard InChI is InChI=1S/C34H42N4O2/c39-31(23-27-12-15-32(16-13-27)40-25-28-6-2-1-3-7-28)22-26-8-4-9-29-24-35-34(36-33(29)17-14-26)38-20-18-37(19-21-38)30-10-5-11-30/h1-3,6-7,12-13,15-16,24,26,30H,4-5,8-11,14,17-23,25H2. The number of anilines is 1. The summed E-state index contributed by atoms with van der Waals surface area (Å²) in [6.45, 7) is 4.84. The molecule has 2 fully saturated rings. The minimum absolute atomic E-state index is 0.330. The maximum atomic E-state index is 13.0.